The summed E-state index contributed by atoms with van der Waals surface area (Å²) in [6.07, 6.45) is 0. The van der Waals surface area contributed by atoms with Gasteiger partial charge in [-0.25, -0.2) is 0 Å². The van der Waals surface area contributed by atoms with Gasteiger partial charge in [-0.1, -0.05) is 72.8 Å². The first kappa shape index (κ1) is 21.3. The van der Waals surface area contributed by atoms with Gasteiger partial charge in [0.1, 0.15) is 0 Å². The summed E-state index contributed by atoms with van der Waals surface area (Å²) in [5.74, 6) is -0.618. The Labute approximate surface area is 213 Å². The van der Waals surface area contributed by atoms with E-state index in [-0.39, 0.29) is 23.0 Å². The zero-order valence-electron chi connectivity index (χ0n) is 19.7. The number of hydrogen-bond donors (Lipinski definition) is 4. The SMILES string of the molecule is Oc1cc2ccc(C3(c4ccc5cc(O)c(O)cc5c4)c4ccccc4-c4ccccc43)cc2cc1O. The molecule has 0 aromatic heterocycles. The molecule has 1 aliphatic carbocycles. The van der Waals surface area contributed by atoms with Gasteiger partial charge in [0.2, 0.25) is 0 Å². The van der Waals surface area contributed by atoms with Gasteiger partial charge in [0.15, 0.2) is 23.0 Å². The van der Waals surface area contributed by atoms with Crippen LogP contribution < -0.4 is 0 Å². The molecule has 0 heterocycles. The van der Waals surface area contributed by atoms with Crippen LogP contribution in [-0.4, -0.2) is 20.4 Å². The van der Waals surface area contributed by atoms with E-state index in [9.17, 15) is 20.4 Å². The van der Waals surface area contributed by atoms with Gasteiger partial charge in [-0.2, -0.15) is 0 Å². The number of rotatable bonds is 2. The molecule has 4 N–H and O–H groups in total. The highest BCUT2D eigenvalue weighted by atomic mass is 16.3. The predicted octanol–water partition coefficient (Wildman–Crippen LogP) is 7.18. The number of hydrogen-bond acceptors (Lipinski definition) is 4. The lowest BCUT2D eigenvalue weighted by molar-refractivity contribution is 0.405. The molecule has 37 heavy (non-hydrogen) atoms. The molecule has 0 radical (unpaired) electrons. The van der Waals surface area contributed by atoms with E-state index in [2.05, 4.69) is 60.7 Å². The second-order valence-corrected chi connectivity index (χ2v) is 9.65. The molecule has 0 unspecified atom stereocenters. The van der Waals surface area contributed by atoms with E-state index in [1.807, 2.05) is 24.3 Å². The Kier molecular flexibility index (Phi) is 4.33. The van der Waals surface area contributed by atoms with Crippen LogP contribution >= 0.6 is 0 Å². The molecule has 6 aromatic carbocycles. The summed E-state index contributed by atoms with van der Waals surface area (Å²) in [7, 11) is 0. The number of benzene rings is 6. The van der Waals surface area contributed by atoms with Crippen LogP contribution in [0.4, 0.5) is 0 Å². The molecule has 0 bridgehead atoms. The Hall–Kier alpha value is -4.96. The van der Waals surface area contributed by atoms with Crippen LogP contribution in [0, 0.1) is 0 Å². The Bertz CT molecular complexity index is 1750. The highest BCUT2D eigenvalue weighted by molar-refractivity contribution is 5.93. The minimum absolute atomic E-state index is 0.149. The maximum absolute atomic E-state index is 10.2. The van der Waals surface area contributed by atoms with E-state index in [0.717, 1.165) is 54.9 Å². The first-order chi connectivity index (χ1) is 18.0. The second-order valence-electron chi connectivity index (χ2n) is 9.65. The van der Waals surface area contributed by atoms with Crippen LogP contribution in [0.5, 0.6) is 23.0 Å². The molecule has 0 fully saturated rings. The average molecular weight is 483 g/mol. The summed E-state index contributed by atoms with van der Waals surface area (Å²) in [4.78, 5) is 0. The van der Waals surface area contributed by atoms with Gasteiger partial charge >= 0.3 is 0 Å². The molecule has 0 amide bonds. The fourth-order valence-electron chi connectivity index (χ4n) is 6.04. The highest BCUT2D eigenvalue weighted by Gasteiger charge is 2.46. The first-order valence-electron chi connectivity index (χ1n) is 12.1. The van der Waals surface area contributed by atoms with Crippen molar-refractivity contribution >= 4 is 21.5 Å². The van der Waals surface area contributed by atoms with Gasteiger partial charge in [0.05, 0.1) is 5.41 Å². The van der Waals surface area contributed by atoms with Crippen molar-refractivity contribution in [1.82, 2.24) is 0 Å². The van der Waals surface area contributed by atoms with Gasteiger partial charge in [-0.05, 0) is 91.3 Å². The molecule has 0 saturated carbocycles. The van der Waals surface area contributed by atoms with Crippen molar-refractivity contribution in [3.05, 3.63) is 131 Å². The van der Waals surface area contributed by atoms with Gasteiger partial charge in [-0.3, -0.25) is 0 Å². The third-order valence-electron chi connectivity index (χ3n) is 7.69. The van der Waals surface area contributed by atoms with Crippen molar-refractivity contribution in [1.29, 1.82) is 0 Å². The average Bonchev–Trinajstić information content (AvgIpc) is 3.21. The third kappa shape index (κ3) is 2.90. The Morgan fingerprint density at radius 1 is 0.378 bits per heavy atom. The quantitative estimate of drug-likeness (QED) is 0.197. The molecule has 0 aliphatic heterocycles. The topological polar surface area (TPSA) is 80.9 Å². The fraction of sp³-hybridized carbons (Fsp3) is 0.0303. The van der Waals surface area contributed by atoms with Crippen LogP contribution in [0.1, 0.15) is 22.3 Å². The van der Waals surface area contributed by atoms with Crippen molar-refractivity contribution in [2.45, 2.75) is 5.41 Å². The lowest BCUT2D eigenvalue weighted by Gasteiger charge is -2.34. The Morgan fingerprint density at radius 2 is 0.757 bits per heavy atom. The first-order valence-corrected chi connectivity index (χ1v) is 12.1. The maximum atomic E-state index is 10.2. The molecule has 4 heteroatoms. The summed E-state index contributed by atoms with van der Waals surface area (Å²) in [6.45, 7) is 0. The molecule has 0 spiro atoms. The fourth-order valence-corrected chi connectivity index (χ4v) is 6.04. The molecule has 0 saturated heterocycles. The maximum Gasteiger partial charge on any atom is 0.158 e. The number of phenols is 4. The largest absolute Gasteiger partial charge is 0.504 e. The monoisotopic (exact) mass is 482 g/mol. The number of aromatic hydroxyl groups is 4. The molecular weight excluding hydrogens is 460 g/mol. The van der Waals surface area contributed by atoms with Crippen molar-refractivity contribution in [2.75, 3.05) is 0 Å². The minimum atomic E-state index is -0.670. The van der Waals surface area contributed by atoms with E-state index in [1.54, 1.807) is 24.3 Å². The summed E-state index contributed by atoms with van der Waals surface area (Å²) in [5.41, 5.74) is 5.95. The van der Waals surface area contributed by atoms with Crippen molar-refractivity contribution in [2.24, 2.45) is 0 Å². The lowest BCUT2D eigenvalue weighted by atomic mass is 9.67. The molecule has 4 nitrogen and oxygen atoms in total. The molecular formula is C33H22O4. The highest BCUT2D eigenvalue weighted by Crippen LogP contribution is 2.56. The van der Waals surface area contributed by atoms with Gasteiger partial charge in [-0.15, -0.1) is 0 Å². The normalized spacial score (nSPS) is 13.5. The van der Waals surface area contributed by atoms with E-state index in [1.165, 1.54) is 0 Å². The zero-order valence-corrected chi connectivity index (χ0v) is 19.7. The van der Waals surface area contributed by atoms with Gasteiger partial charge in [0.25, 0.3) is 0 Å². The van der Waals surface area contributed by atoms with Gasteiger partial charge in [0, 0.05) is 0 Å². The molecule has 178 valence electrons. The standard InChI is InChI=1S/C33H22O4/c34-29-15-19-9-11-23(13-21(19)17-31(29)36)33(24-12-10-20-16-30(35)32(37)18-22(20)14-24)27-7-3-1-5-25(27)26-6-2-4-8-28(26)33/h1-18,34-37H. The third-order valence-corrected chi connectivity index (χ3v) is 7.69. The molecule has 6 aromatic rings. The molecule has 1 aliphatic rings. The minimum Gasteiger partial charge on any atom is -0.504 e. The van der Waals surface area contributed by atoms with E-state index in [4.69, 9.17) is 0 Å². The van der Waals surface area contributed by atoms with E-state index in [0.29, 0.717) is 0 Å². The zero-order chi connectivity index (χ0) is 25.3. The number of fused-ring (bicyclic) bond motifs is 5. The van der Waals surface area contributed by atoms with Crippen LogP contribution in [0.15, 0.2) is 109 Å². The smallest absolute Gasteiger partial charge is 0.158 e. The molecule has 0 atom stereocenters. The van der Waals surface area contributed by atoms with Crippen LogP contribution in [-0.2, 0) is 5.41 Å². The summed E-state index contributed by atoms with van der Waals surface area (Å²) in [6, 6.07) is 35.4. The van der Waals surface area contributed by atoms with Crippen LogP contribution in [0.3, 0.4) is 0 Å². The van der Waals surface area contributed by atoms with Crippen LogP contribution in [0.25, 0.3) is 32.7 Å². The van der Waals surface area contributed by atoms with Crippen molar-refractivity contribution in [3.63, 3.8) is 0 Å². The Balaban J connectivity index is 1.62. The summed E-state index contributed by atoms with van der Waals surface area (Å²) >= 11 is 0. The van der Waals surface area contributed by atoms with Crippen molar-refractivity contribution in [3.8, 4) is 34.1 Å². The summed E-state index contributed by atoms with van der Waals surface area (Å²) in [5, 5.41) is 43.9. The Morgan fingerprint density at radius 3 is 1.19 bits per heavy atom. The lowest BCUT2D eigenvalue weighted by Crippen LogP contribution is -2.28. The van der Waals surface area contributed by atoms with E-state index < -0.39 is 5.41 Å². The van der Waals surface area contributed by atoms with E-state index >= 15 is 0 Å². The van der Waals surface area contributed by atoms with Gasteiger partial charge < -0.3 is 20.4 Å². The molecule has 7 rings (SSSR count). The second kappa shape index (κ2) is 7.52. The van der Waals surface area contributed by atoms with Crippen LogP contribution in [0.2, 0.25) is 0 Å². The van der Waals surface area contributed by atoms with Crippen molar-refractivity contribution < 1.29 is 20.4 Å². The predicted molar refractivity (Wildman–Crippen MR) is 145 cm³/mol. The number of phenolic OH excluding ortho intramolecular Hbond substituents is 4. The summed E-state index contributed by atoms with van der Waals surface area (Å²) < 4.78 is 0.